The van der Waals surface area contributed by atoms with Crippen LogP contribution in [0.15, 0.2) is 30.7 Å². The molecule has 1 heterocycles. The molecule has 0 aliphatic heterocycles. The van der Waals surface area contributed by atoms with Crippen molar-refractivity contribution in [2.45, 2.75) is 19.6 Å². The molecular weight excluding hydrogens is 333 g/mol. The summed E-state index contributed by atoms with van der Waals surface area (Å²) in [6.07, 6.45) is 5.55. The Balaban J connectivity index is 1.86. The van der Waals surface area contributed by atoms with Crippen LogP contribution in [0.1, 0.15) is 12.6 Å². The van der Waals surface area contributed by atoms with Crippen LogP contribution in [0, 0.1) is 0 Å². The average molecular weight is 347 g/mol. The van der Waals surface area contributed by atoms with Crippen molar-refractivity contribution in [1.29, 1.82) is 0 Å². The minimum atomic E-state index is -0.252. The van der Waals surface area contributed by atoms with E-state index < -0.39 is 0 Å². The Morgan fingerprint density at radius 2 is 1.90 bits per heavy atom. The second kappa shape index (κ2) is 7.80. The van der Waals surface area contributed by atoms with Gasteiger partial charge in [-0.25, -0.2) is 0 Å². The molecule has 4 nitrogen and oxygen atoms in total. The number of benzene rings is 1. The highest BCUT2D eigenvalue weighted by Gasteiger charge is 2.12. The van der Waals surface area contributed by atoms with Crippen molar-refractivity contribution >= 4 is 34.8 Å². The van der Waals surface area contributed by atoms with E-state index in [0.29, 0.717) is 27.4 Å². The van der Waals surface area contributed by atoms with Gasteiger partial charge in [-0.1, -0.05) is 34.8 Å². The van der Waals surface area contributed by atoms with E-state index in [4.69, 9.17) is 39.5 Å². The van der Waals surface area contributed by atoms with Crippen LogP contribution in [0.25, 0.3) is 0 Å². The lowest BCUT2D eigenvalue weighted by molar-refractivity contribution is 0.184. The van der Waals surface area contributed by atoms with Gasteiger partial charge in [0.2, 0.25) is 0 Å². The molecule has 1 N–H and O–H groups in total. The molecule has 1 aromatic heterocycles. The molecule has 21 heavy (non-hydrogen) atoms. The summed E-state index contributed by atoms with van der Waals surface area (Å²) in [4.78, 5) is 8.21. The van der Waals surface area contributed by atoms with Gasteiger partial charge in [-0.15, -0.1) is 0 Å². The van der Waals surface area contributed by atoms with Crippen LogP contribution in [0.2, 0.25) is 15.1 Å². The molecule has 1 aromatic carbocycles. The topological polar surface area (TPSA) is 47.0 Å². The Labute approximate surface area is 138 Å². The number of aromatic nitrogens is 2. The fraction of sp³-hybridized carbons (Fsp3) is 0.286. The van der Waals surface area contributed by atoms with Crippen LogP contribution < -0.4 is 10.1 Å². The number of nitrogens with one attached hydrogen (secondary N) is 1. The Morgan fingerprint density at radius 1 is 1.19 bits per heavy atom. The quantitative estimate of drug-likeness (QED) is 0.803. The third-order valence-corrected chi connectivity index (χ3v) is 3.47. The van der Waals surface area contributed by atoms with Crippen molar-refractivity contribution in [2.24, 2.45) is 0 Å². The summed E-state index contributed by atoms with van der Waals surface area (Å²) >= 11 is 18.0. The van der Waals surface area contributed by atoms with Gasteiger partial charge in [-0.05, 0) is 19.1 Å². The number of hydrogen-bond acceptors (Lipinski definition) is 4. The fourth-order valence-electron chi connectivity index (χ4n) is 1.72. The first-order chi connectivity index (χ1) is 10.1. The van der Waals surface area contributed by atoms with Gasteiger partial charge in [0, 0.05) is 36.6 Å². The molecule has 0 fully saturated rings. The summed E-state index contributed by atoms with van der Waals surface area (Å²) in [7, 11) is 0. The summed E-state index contributed by atoms with van der Waals surface area (Å²) < 4.78 is 5.70. The van der Waals surface area contributed by atoms with Crippen molar-refractivity contribution in [2.75, 3.05) is 6.54 Å². The van der Waals surface area contributed by atoms with Crippen LogP contribution in [-0.2, 0) is 6.42 Å². The highest BCUT2D eigenvalue weighted by molar-refractivity contribution is 6.40. The maximum Gasteiger partial charge on any atom is 0.158 e. The molecule has 0 radical (unpaired) electrons. The van der Waals surface area contributed by atoms with Crippen molar-refractivity contribution in [3.63, 3.8) is 0 Å². The molecule has 0 saturated carbocycles. The molecule has 0 aliphatic rings. The second-order valence-corrected chi connectivity index (χ2v) is 5.61. The Kier molecular flexibility index (Phi) is 6.06. The average Bonchev–Trinajstić information content (AvgIpc) is 2.44. The molecule has 2 aromatic rings. The third-order valence-electron chi connectivity index (χ3n) is 2.69. The molecule has 1 atom stereocenters. The highest BCUT2D eigenvalue weighted by atomic mass is 35.5. The Morgan fingerprint density at radius 3 is 2.52 bits per heavy atom. The Hall–Kier alpha value is -1.07. The van der Waals surface area contributed by atoms with Gasteiger partial charge in [0.15, 0.2) is 5.75 Å². The van der Waals surface area contributed by atoms with Crippen molar-refractivity contribution in [1.82, 2.24) is 15.3 Å². The van der Waals surface area contributed by atoms with Crippen LogP contribution in [0.5, 0.6) is 5.75 Å². The maximum absolute atomic E-state index is 6.07. The van der Waals surface area contributed by atoms with E-state index in [1.165, 1.54) is 0 Å². The van der Waals surface area contributed by atoms with Gasteiger partial charge in [-0.2, -0.15) is 0 Å². The zero-order valence-electron chi connectivity index (χ0n) is 11.3. The van der Waals surface area contributed by atoms with Crippen LogP contribution in [0.3, 0.4) is 0 Å². The first-order valence-electron chi connectivity index (χ1n) is 6.35. The number of halogens is 3. The van der Waals surface area contributed by atoms with Gasteiger partial charge in [0.05, 0.1) is 15.7 Å². The van der Waals surface area contributed by atoms with Gasteiger partial charge in [0.25, 0.3) is 0 Å². The molecule has 7 heteroatoms. The van der Waals surface area contributed by atoms with Crippen molar-refractivity contribution in [3.05, 3.63) is 51.5 Å². The zero-order valence-corrected chi connectivity index (χ0v) is 13.6. The van der Waals surface area contributed by atoms with E-state index in [9.17, 15) is 0 Å². The van der Waals surface area contributed by atoms with Crippen molar-refractivity contribution < 1.29 is 4.74 Å². The maximum atomic E-state index is 6.07. The zero-order chi connectivity index (χ0) is 15.2. The molecule has 0 bridgehead atoms. The lowest BCUT2D eigenvalue weighted by atomic mass is 10.3. The molecule has 1 unspecified atom stereocenters. The fourth-order valence-corrected chi connectivity index (χ4v) is 2.63. The van der Waals surface area contributed by atoms with Crippen molar-refractivity contribution in [3.8, 4) is 5.75 Å². The second-order valence-electron chi connectivity index (χ2n) is 4.36. The molecule has 0 spiro atoms. The smallest absolute Gasteiger partial charge is 0.158 e. The molecule has 0 amide bonds. The largest absolute Gasteiger partial charge is 0.473 e. The SMILES string of the molecule is CC(NCCc1cnccn1)Oc1c(Cl)cc(Cl)cc1Cl. The van der Waals surface area contributed by atoms with E-state index in [1.54, 1.807) is 30.7 Å². The van der Waals surface area contributed by atoms with Gasteiger partial charge >= 0.3 is 0 Å². The van der Waals surface area contributed by atoms with E-state index in [0.717, 1.165) is 12.1 Å². The van der Waals surface area contributed by atoms with E-state index in [-0.39, 0.29) is 6.23 Å². The lowest BCUT2D eigenvalue weighted by Crippen LogP contribution is -2.33. The number of rotatable bonds is 6. The number of hydrogen-bond donors (Lipinski definition) is 1. The first-order valence-corrected chi connectivity index (χ1v) is 7.49. The minimum Gasteiger partial charge on any atom is -0.473 e. The minimum absolute atomic E-state index is 0.252. The molecule has 0 aliphatic carbocycles. The summed E-state index contributed by atoms with van der Waals surface area (Å²) in [5.74, 6) is 0.419. The molecular formula is C14H14Cl3N3O. The lowest BCUT2D eigenvalue weighted by Gasteiger charge is -2.18. The monoisotopic (exact) mass is 345 g/mol. The Bertz CT molecular complexity index is 572. The van der Waals surface area contributed by atoms with E-state index >= 15 is 0 Å². The van der Waals surface area contributed by atoms with Gasteiger partial charge in [-0.3, -0.25) is 15.3 Å². The summed E-state index contributed by atoms with van der Waals surface area (Å²) in [6, 6.07) is 3.19. The normalized spacial score (nSPS) is 12.2. The molecule has 0 saturated heterocycles. The standard InChI is InChI=1S/C14H14Cl3N3O/c1-9(19-3-2-11-8-18-4-5-20-11)21-14-12(16)6-10(15)7-13(14)17/h4-9,19H,2-3H2,1H3. The summed E-state index contributed by atoms with van der Waals surface area (Å²) in [5, 5.41) is 4.45. The van der Waals surface area contributed by atoms with E-state index in [2.05, 4.69) is 15.3 Å². The summed E-state index contributed by atoms with van der Waals surface area (Å²) in [5.41, 5.74) is 0.916. The summed E-state index contributed by atoms with van der Waals surface area (Å²) in [6.45, 7) is 2.57. The van der Waals surface area contributed by atoms with Crippen LogP contribution >= 0.6 is 34.8 Å². The van der Waals surface area contributed by atoms with Gasteiger partial charge in [0.1, 0.15) is 6.23 Å². The predicted octanol–water partition coefficient (Wildman–Crippen LogP) is 3.99. The molecule has 112 valence electrons. The van der Waals surface area contributed by atoms with E-state index in [1.807, 2.05) is 6.92 Å². The van der Waals surface area contributed by atoms with Crippen LogP contribution in [0.4, 0.5) is 0 Å². The highest BCUT2D eigenvalue weighted by Crippen LogP contribution is 2.36. The van der Waals surface area contributed by atoms with Gasteiger partial charge < -0.3 is 4.74 Å². The number of ether oxygens (including phenoxy) is 1. The predicted molar refractivity (Wildman–Crippen MR) is 85.3 cm³/mol. The third kappa shape index (κ3) is 5.00. The number of nitrogens with zero attached hydrogens (tertiary/aromatic N) is 2. The molecule has 2 rings (SSSR count). The van der Waals surface area contributed by atoms with Crippen LogP contribution in [-0.4, -0.2) is 22.7 Å². The first kappa shape index (κ1) is 16.3.